The third-order valence-corrected chi connectivity index (χ3v) is 8.71. The van der Waals surface area contributed by atoms with E-state index in [0.29, 0.717) is 18.0 Å². The zero-order valence-corrected chi connectivity index (χ0v) is 22.5. The largest absolute Gasteiger partial charge is 0.393 e. The molecule has 2 aromatic heterocycles. The highest BCUT2D eigenvalue weighted by Gasteiger charge is 2.25. The van der Waals surface area contributed by atoms with Gasteiger partial charge in [0.15, 0.2) is 0 Å². The van der Waals surface area contributed by atoms with Crippen LogP contribution in [0.4, 0.5) is 5.82 Å². The lowest BCUT2D eigenvalue weighted by Crippen LogP contribution is -2.38. The number of benzene rings is 1. The number of carbonyl (C=O) groups is 1. The normalized spacial score (nSPS) is 16.8. The molecule has 0 bridgehead atoms. The molecule has 8 heteroatoms. The Bertz CT molecular complexity index is 1220. The highest BCUT2D eigenvalue weighted by atomic mass is 32.2. The maximum atomic E-state index is 13.6. The van der Waals surface area contributed by atoms with Gasteiger partial charge in [0.25, 0.3) is 5.91 Å². The fourth-order valence-electron chi connectivity index (χ4n) is 5.12. The van der Waals surface area contributed by atoms with Gasteiger partial charge in [-0.3, -0.25) is 9.78 Å². The molecule has 1 aliphatic carbocycles. The number of allylic oxidation sites excluding steroid dienone is 1. The molecule has 0 atom stereocenters. The Morgan fingerprint density at radius 2 is 2.11 bits per heavy atom. The number of fused-ring (bicyclic) bond motifs is 1. The molecule has 1 aliphatic heterocycles. The lowest BCUT2D eigenvalue weighted by atomic mass is 9.97. The molecule has 0 spiro atoms. The third-order valence-electron chi connectivity index (χ3n) is 7.22. The van der Waals surface area contributed by atoms with Crippen LogP contribution in [-0.2, 0) is 6.54 Å². The van der Waals surface area contributed by atoms with Crippen LogP contribution in [0.5, 0.6) is 0 Å². The second kappa shape index (κ2) is 11.8. The molecule has 2 aliphatic rings. The summed E-state index contributed by atoms with van der Waals surface area (Å²) in [5, 5.41) is 11.2. The van der Waals surface area contributed by atoms with Crippen LogP contribution < -0.4 is 4.90 Å². The van der Waals surface area contributed by atoms with Crippen molar-refractivity contribution in [2.24, 2.45) is 0 Å². The molecule has 0 unspecified atom stereocenters. The van der Waals surface area contributed by atoms with Crippen LogP contribution in [0.15, 0.2) is 52.5 Å². The highest BCUT2D eigenvalue weighted by molar-refractivity contribution is 7.98. The van der Waals surface area contributed by atoms with Crippen molar-refractivity contribution in [1.82, 2.24) is 14.9 Å². The van der Waals surface area contributed by atoms with Crippen LogP contribution in [0.2, 0.25) is 0 Å². The number of amides is 1. The first-order valence-electron chi connectivity index (χ1n) is 12.9. The quantitative estimate of drug-likeness (QED) is 0.293. The van der Waals surface area contributed by atoms with Gasteiger partial charge in [-0.05, 0) is 69.4 Å². The second-order valence-corrected chi connectivity index (χ2v) is 11.5. The Labute approximate surface area is 221 Å². The predicted molar refractivity (Wildman–Crippen MR) is 149 cm³/mol. The topological polar surface area (TPSA) is 69.6 Å². The van der Waals surface area contributed by atoms with Crippen LogP contribution in [0, 0.1) is 0 Å². The number of aliphatic hydroxyl groups is 1. The van der Waals surface area contributed by atoms with E-state index in [0.717, 1.165) is 67.5 Å². The van der Waals surface area contributed by atoms with Crippen LogP contribution in [-0.4, -0.2) is 57.9 Å². The number of pyridine rings is 1. The fourth-order valence-corrected chi connectivity index (χ4v) is 6.14. The SMILES string of the molecule is CSc1ccc2cc(CN(CCC3=CCCCC3)C(=O)c3cncs3)c(N3CCC(O)CC3)nc2c1. The van der Waals surface area contributed by atoms with Crippen LogP contribution in [0.25, 0.3) is 10.9 Å². The molecule has 1 saturated heterocycles. The first kappa shape index (κ1) is 25.2. The number of rotatable bonds is 8. The summed E-state index contributed by atoms with van der Waals surface area (Å²) in [7, 11) is 0. The van der Waals surface area contributed by atoms with Gasteiger partial charge >= 0.3 is 0 Å². The minimum Gasteiger partial charge on any atom is -0.393 e. The summed E-state index contributed by atoms with van der Waals surface area (Å²) in [5.41, 5.74) is 5.22. The molecule has 36 heavy (non-hydrogen) atoms. The van der Waals surface area contributed by atoms with Crippen molar-refractivity contribution in [3.05, 3.63) is 58.1 Å². The average Bonchev–Trinajstić information content (AvgIpc) is 3.46. The molecule has 5 rings (SSSR count). The summed E-state index contributed by atoms with van der Waals surface area (Å²) in [6, 6.07) is 8.61. The first-order valence-corrected chi connectivity index (χ1v) is 15.0. The number of hydrogen-bond donors (Lipinski definition) is 1. The van der Waals surface area contributed by atoms with Crippen molar-refractivity contribution in [2.75, 3.05) is 30.8 Å². The van der Waals surface area contributed by atoms with Crippen molar-refractivity contribution in [3.63, 3.8) is 0 Å². The van der Waals surface area contributed by atoms with Gasteiger partial charge in [-0.2, -0.15) is 0 Å². The Kier molecular flexibility index (Phi) is 8.24. The number of thiazole rings is 1. The molecular weight excluding hydrogens is 488 g/mol. The Balaban J connectivity index is 1.48. The minimum atomic E-state index is -0.249. The van der Waals surface area contributed by atoms with Crippen LogP contribution >= 0.6 is 23.1 Å². The maximum Gasteiger partial charge on any atom is 0.265 e. The lowest BCUT2D eigenvalue weighted by molar-refractivity contribution is 0.0749. The fraction of sp³-hybridized carbons (Fsp3) is 0.464. The monoisotopic (exact) mass is 522 g/mol. The zero-order valence-electron chi connectivity index (χ0n) is 20.9. The molecule has 6 nitrogen and oxygen atoms in total. The van der Waals surface area contributed by atoms with Crippen molar-refractivity contribution in [3.8, 4) is 0 Å². The van der Waals surface area contributed by atoms with E-state index in [1.54, 1.807) is 23.5 Å². The van der Waals surface area contributed by atoms with Crippen molar-refractivity contribution in [1.29, 1.82) is 0 Å². The number of piperidine rings is 1. The second-order valence-electron chi connectivity index (χ2n) is 9.70. The zero-order chi connectivity index (χ0) is 24.9. The number of aliphatic hydroxyl groups excluding tert-OH is 1. The standard InChI is InChI=1S/C28H34N4O2S2/c1-35-24-8-7-21-15-22(27(30-25(21)16-24)31-13-10-23(33)11-14-31)18-32(28(34)26-17-29-19-36-26)12-9-20-5-3-2-4-6-20/h5,7-8,15-17,19,23,33H,2-4,6,9-14,18H2,1H3. The van der Waals surface area contributed by atoms with Crippen molar-refractivity contribution >= 4 is 45.7 Å². The van der Waals surface area contributed by atoms with Gasteiger partial charge in [-0.1, -0.05) is 17.7 Å². The van der Waals surface area contributed by atoms with Gasteiger partial charge < -0.3 is 14.9 Å². The third kappa shape index (κ3) is 5.93. The predicted octanol–water partition coefficient (Wildman–Crippen LogP) is 5.91. The summed E-state index contributed by atoms with van der Waals surface area (Å²) >= 11 is 3.11. The van der Waals surface area contributed by atoms with E-state index in [2.05, 4.69) is 46.5 Å². The summed E-state index contributed by atoms with van der Waals surface area (Å²) in [5.74, 6) is 0.971. The van der Waals surface area contributed by atoms with Gasteiger partial charge in [0.2, 0.25) is 0 Å². The molecule has 1 N–H and O–H groups in total. The Morgan fingerprint density at radius 3 is 2.83 bits per heavy atom. The van der Waals surface area contributed by atoms with E-state index in [-0.39, 0.29) is 12.0 Å². The van der Waals surface area contributed by atoms with Crippen LogP contribution in [0.3, 0.4) is 0 Å². The molecule has 0 radical (unpaired) electrons. The van der Waals surface area contributed by atoms with Gasteiger partial charge in [-0.25, -0.2) is 4.98 Å². The first-order chi connectivity index (χ1) is 17.6. The van der Waals surface area contributed by atoms with Gasteiger partial charge in [-0.15, -0.1) is 23.1 Å². The molecule has 0 saturated carbocycles. The molecule has 3 heterocycles. The average molecular weight is 523 g/mol. The smallest absolute Gasteiger partial charge is 0.265 e. The number of aromatic nitrogens is 2. The minimum absolute atomic E-state index is 0.0340. The van der Waals surface area contributed by atoms with E-state index < -0.39 is 0 Å². The molecule has 1 amide bonds. The molecule has 3 aromatic rings. The summed E-state index contributed by atoms with van der Waals surface area (Å²) in [6.45, 7) is 2.73. The van der Waals surface area contributed by atoms with Gasteiger partial charge in [0.05, 0.1) is 23.3 Å². The Morgan fingerprint density at radius 1 is 1.25 bits per heavy atom. The van der Waals surface area contributed by atoms with E-state index in [1.165, 1.54) is 34.6 Å². The van der Waals surface area contributed by atoms with Gasteiger partial charge in [0.1, 0.15) is 10.7 Å². The maximum absolute atomic E-state index is 13.6. The summed E-state index contributed by atoms with van der Waals surface area (Å²) in [4.78, 5) is 29.0. The number of anilines is 1. The molecular formula is C28H34N4O2S2. The highest BCUT2D eigenvalue weighted by Crippen LogP contribution is 2.30. The molecule has 1 aromatic carbocycles. The molecule has 1 fully saturated rings. The number of nitrogens with zero attached hydrogens (tertiary/aromatic N) is 4. The number of thioether (sulfide) groups is 1. The van der Waals surface area contributed by atoms with Crippen molar-refractivity contribution < 1.29 is 9.90 Å². The summed E-state index contributed by atoms with van der Waals surface area (Å²) in [6.07, 6.45) is 13.1. The molecule has 190 valence electrons. The lowest BCUT2D eigenvalue weighted by Gasteiger charge is -2.33. The van der Waals surface area contributed by atoms with E-state index in [1.807, 2.05) is 4.90 Å². The van der Waals surface area contributed by atoms with E-state index in [9.17, 15) is 9.90 Å². The van der Waals surface area contributed by atoms with E-state index in [4.69, 9.17) is 4.98 Å². The van der Waals surface area contributed by atoms with Crippen LogP contribution in [0.1, 0.15) is 60.2 Å². The number of hydrogen-bond acceptors (Lipinski definition) is 7. The number of carbonyl (C=O) groups excluding carboxylic acids is 1. The summed E-state index contributed by atoms with van der Waals surface area (Å²) < 4.78 is 0. The van der Waals surface area contributed by atoms with Crippen molar-refractivity contribution in [2.45, 2.75) is 62.5 Å². The Hall–Kier alpha value is -2.42. The van der Waals surface area contributed by atoms with Gasteiger partial charge in [0, 0.05) is 42.0 Å². The van der Waals surface area contributed by atoms with E-state index >= 15 is 0 Å².